The van der Waals surface area contributed by atoms with Crippen LogP contribution in [0.4, 0.5) is 5.95 Å². The molecule has 21 heavy (non-hydrogen) atoms. The molecule has 0 saturated carbocycles. The van der Waals surface area contributed by atoms with Gasteiger partial charge in [0.2, 0.25) is 5.95 Å². The van der Waals surface area contributed by atoms with E-state index in [1.165, 1.54) is 11.1 Å². The number of ether oxygens (including phenoxy) is 1. The molecule has 0 atom stereocenters. The van der Waals surface area contributed by atoms with Crippen LogP contribution in [0.3, 0.4) is 0 Å². The number of nitrogens with zero attached hydrogens (tertiary/aromatic N) is 3. The molecule has 2 aromatic rings. The lowest BCUT2D eigenvalue weighted by molar-refractivity contribution is 0.147. The standard InChI is InChI=1S/C16H24N4O/c1-4-21-9-5-7-18-16-19-14(3)11-20(16)12-15-10-17-8-6-13(15)2/h6,8,10-11H,4-5,7,9,12H2,1-3H3,(H,18,19). The summed E-state index contributed by atoms with van der Waals surface area (Å²) in [5.41, 5.74) is 3.48. The number of rotatable bonds is 8. The third-order valence-corrected chi connectivity index (χ3v) is 3.34. The van der Waals surface area contributed by atoms with Crippen molar-refractivity contribution in [3.05, 3.63) is 41.5 Å². The number of nitrogens with one attached hydrogen (secondary N) is 1. The van der Waals surface area contributed by atoms with Crippen molar-refractivity contribution in [2.75, 3.05) is 25.1 Å². The fourth-order valence-corrected chi connectivity index (χ4v) is 2.17. The summed E-state index contributed by atoms with van der Waals surface area (Å²) in [6, 6.07) is 2.04. The number of anilines is 1. The Morgan fingerprint density at radius 1 is 1.33 bits per heavy atom. The van der Waals surface area contributed by atoms with Crippen molar-refractivity contribution in [1.29, 1.82) is 0 Å². The fraction of sp³-hybridized carbons (Fsp3) is 0.500. The van der Waals surface area contributed by atoms with E-state index in [4.69, 9.17) is 4.74 Å². The normalized spacial score (nSPS) is 10.8. The highest BCUT2D eigenvalue weighted by atomic mass is 16.5. The van der Waals surface area contributed by atoms with Crippen LogP contribution in [-0.4, -0.2) is 34.3 Å². The van der Waals surface area contributed by atoms with Gasteiger partial charge in [-0.2, -0.15) is 0 Å². The Morgan fingerprint density at radius 2 is 2.19 bits per heavy atom. The Bertz CT molecular complexity index is 565. The van der Waals surface area contributed by atoms with E-state index in [-0.39, 0.29) is 0 Å². The molecular weight excluding hydrogens is 264 g/mol. The van der Waals surface area contributed by atoms with Gasteiger partial charge < -0.3 is 14.6 Å². The van der Waals surface area contributed by atoms with E-state index in [1.54, 1.807) is 0 Å². The van der Waals surface area contributed by atoms with Crippen molar-refractivity contribution in [3.8, 4) is 0 Å². The van der Waals surface area contributed by atoms with Gasteiger partial charge in [-0.15, -0.1) is 0 Å². The monoisotopic (exact) mass is 288 g/mol. The van der Waals surface area contributed by atoms with Crippen LogP contribution < -0.4 is 5.32 Å². The molecule has 0 aromatic carbocycles. The minimum atomic E-state index is 0.772. The van der Waals surface area contributed by atoms with Crippen molar-refractivity contribution < 1.29 is 4.74 Å². The first-order valence-electron chi connectivity index (χ1n) is 7.45. The van der Waals surface area contributed by atoms with E-state index in [9.17, 15) is 0 Å². The smallest absolute Gasteiger partial charge is 0.203 e. The van der Waals surface area contributed by atoms with Crippen LogP contribution in [0.25, 0.3) is 0 Å². The maximum atomic E-state index is 5.34. The van der Waals surface area contributed by atoms with Crippen LogP contribution >= 0.6 is 0 Å². The molecule has 0 spiro atoms. The average molecular weight is 288 g/mol. The Kier molecular flexibility index (Phi) is 5.75. The number of aryl methyl sites for hydroxylation is 2. The van der Waals surface area contributed by atoms with Crippen molar-refractivity contribution in [3.63, 3.8) is 0 Å². The highest BCUT2D eigenvalue weighted by molar-refractivity contribution is 5.31. The Labute approximate surface area is 126 Å². The maximum absolute atomic E-state index is 5.34. The van der Waals surface area contributed by atoms with Crippen LogP contribution in [0.1, 0.15) is 30.2 Å². The number of aromatic nitrogens is 3. The van der Waals surface area contributed by atoms with Gasteiger partial charge in [-0.25, -0.2) is 4.98 Å². The van der Waals surface area contributed by atoms with Gasteiger partial charge in [-0.3, -0.25) is 4.98 Å². The average Bonchev–Trinajstić information content (AvgIpc) is 2.81. The molecule has 0 aliphatic rings. The van der Waals surface area contributed by atoms with Gasteiger partial charge in [-0.05, 0) is 44.4 Å². The van der Waals surface area contributed by atoms with Crippen LogP contribution in [0.15, 0.2) is 24.7 Å². The zero-order chi connectivity index (χ0) is 15.1. The summed E-state index contributed by atoms with van der Waals surface area (Å²) in [5, 5.41) is 3.38. The Balaban J connectivity index is 1.98. The number of imidazole rings is 1. The number of hydrogen-bond acceptors (Lipinski definition) is 4. The first-order chi connectivity index (χ1) is 10.2. The third-order valence-electron chi connectivity index (χ3n) is 3.34. The molecule has 2 aromatic heterocycles. The van der Waals surface area contributed by atoms with Crippen LogP contribution in [0.5, 0.6) is 0 Å². The SMILES string of the molecule is CCOCCCNc1nc(C)cn1Cc1cnccc1C. The topological polar surface area (TPSA) is 52.0 Å². The number of hydrogen-bond donors (Lipinski definition) is 1. The van der Waals surface area contributed by atoms with Gasteiger partial charge in [0.1, 0.15) is 0 Å². The molecule has 114 valence electrons. The molecule has 0 radical (unpaired) electrons. The van der Waals surface area contributed by atoms with Crippen LogP contribution in [-0.2, 0) is 11.3 Å². The molecule has 0 unspecified atom stereocenters. The summed E-state index contributed by atoms with van der Waals surface area (Å²) in [6.45, 7) is 9.34. The van der Waals surface area contributed by atoms with Crippen LogP contribution in [0, 0.1) is 13.8 Å². The van der Waals surface area contributed by atoms with E-state index >= 15 is 0 Å². The second-order valence-electron chi connectivity index (χ2n) is 5.11. The van der Waals surface area contributed by atoms with Crippen molar-refractivity contribution in [2.24, 2.45) is 0 Å². The summed E-state index contributed by atoms with van der Waals surface area (Å²) >= 11 is 0. The van der Waals surface area contributed by atoms with Gasteiger partial charge in [0.25, 0.3) is 0 Å². The second-order valence-corrected chi connectivity index (χ2v) is 5.11. The Hall–Kier alpha value is -1.88. The predicted molar refractivity (Wildman–Crippen MR) is 84.6 cm³/mol. The van der Waals surface area contributed by atoms with E-state index in [0.29, 0.717) is 0 Å². The zero-order valence-corrected chi connectivity index (χ0v) is 13.1. The maximum Gasteiger partial charge on any atom is 0.203 e. The molecular formula is C16H24N4O. The Morgan fingerprint density at radius 3 is 2.95 bits per heavy atom. The molecule has 0 aliphatic heterocycles. The first-order valence-corrected chi connectivity index (χ1v) is 7.45. The van der Waals surface area contributed by atoms with E-state index in [1.807, 2.05) is 32.3 Å². The summed E-state index contributed by atoms with van der Waals surface area (Å²) in [4.78, 5) is 8.75. The number of pyridine rings is 1. The molecule has 0 fully saturated rings. The summed E-state index contributed by atoms with van der Waals surface area (Å²) in [6.07, 6.45) is 6.79. The minimum Gasteiger partial charge on any atom is -0.382 e. The van der Waals surface area contributed by atoms with Gasteiger partial charge in [-0.1, -0.05) is 0 Å². The van der Waals surface area contributed by atoms with Gasteiger partial charge in [0.05, 0.1) is 12.2 Å². The van der Waals surface area contributed by atoms with Crippen molar-refractivity contribution in [1.82, 2.24) is 14.5 Å². The lowest BCUT2D eigenvalue weighted by Gasteiger charge is -2.11. The molecule has 0 amide bonds. The molecule has 1 N–H and O–H groups in total. The summed E-state index contributed by atoms with van der Waals surface area (Å²) in [7, 11) is 0. The van der Waals surface area contributed by atoms with E-state index in [0.717, 1.165) is 44.4 Å². The summed E-state index contributed by atoms with van der Waals surface area (Å²) in [5.74, 6) is 0.909. The van der Waals surface area contributed by atoms with E-state index in [2.05, 4.69) is 33.0 Å². The predicted octanol–water partition coefficient (Wildman–Crippen LogP) is 2.78. The van der Waals surface area contributed by atoms with Crippen molar-refractivity contribution in [2.45, 2.75) is 33.7 Å². The highest BCUT2D eigenvalue weighted by Gasteiger charge is 2.07. The van der Waals surface area contributed by atoms with Gasteiger partial charge >= 0.3 is 0 Å². The minimum absolute atomic E-state index is 0.772. The first kappa shape index (κ1) is 15.5. The largest absolute Gasteiger partial charge is 0.382 e. The highest BCUT2D eigenvalue weighted by Crippen LogP contribution is 2.14. The van der Waals surface area contributed by atoms with Gasteiger partial charge in [0, 0.05) is 38.3 Å². The quantitative estimate of drug-likeness (QED) is 0.759. The molecule has 0 aliphatic carbocycles. The van der Waals surface area contributed by atoms with E-state index < -0.39 is 0 Å². The fourth-order valence-electron chi connectivity index (χ4n) is 2.17. The van der Waals surface area contributed by atoms with Crippen molar-refractivity contribution >= 4 is 5.95 Å². The summed E-state index contributed by atoms with van der Waals surface area (Å²) < 4.78 is 7.48. The molecule has 0 bridgehead atoms. The zero-order valence-electron chi connectivity index (χ0n) is 13.1. The lowest BCUT2D eigenvalue weighted by atomic mass is 10.1. The third kappa shape index (κ3) is 4.56. The second kappa shape index (κ2) is 7.78. The molecule has 2 heterocycles. The van der Waals surface area contributed by atoms with Gasteiger partial charge in [0.15, 0.2) is 0 Å². The molecule has 0 saturated heterocycles. The molecule has 2 rings (SSSR count). The molecule has 5 heteroatoms. The molecule has 5 nitrogen and oxygen atoms in total. The van der Waals surface area contributed by atoms with Crippen LogP contribution in [0.2, 0.25) is 0 Å². The lowest BCUT2D eigenvalue weighted by Crippen LogP contribution is -2.11.